The zero-order valence-corrected chi connectivity index (χ0v) is 19.2. The molecule has 0 radical (unpaired) electrons. The lowest BCUT2D eigenvalue weighted by Crippen LogP contribution is -2.45. The number of carbonyl (C=O) groups excluding carboxylic acids is 1. The normalized spacial score (nSPS) is 17.4. The van der Waals surface area contributed by atoms with Gasteiger partial charge in [0.15, 0.2) is 11.5 Å². The third kappa shape index (κ3) is 5.21. The molecule has 9 nitrogen and oxygen atoms in total. The highest BCUT2D eigenvalue weighted by Gasteiger charge is 2.33. The van der Waals surface area contributed by atoms with Gasteiger partial charge in [0.25, 0.3) is 5.91 Å². The van der Waals surface area contributed by atoms with Crippen molar-refractivity contribution in [2.24, 2.45) is 0 Å². The number of carbonyl (C=O) groups is 1. The maximum absolute atomic E-state index is 12.4. The van der Waals surface area contributed by atoms with Gasteiger partial charge in [-0.15, -0.1) is 13.2 Å². The number of amides is 1. The van der Waals surface area contributed by atoms with Crippen LogP contribution in [-0.2, 0) is 6.54 Å². The van der Waals surface area contributed by atoms with Crippen molar-refractivity contribution >= 4 is 22.9 Å². The molecule has 1 aliphatic carbocycles. The Labute approximate surface area is 203 Å². The summed E-state index contributed by atoms with van der Waals surface area (Å²) < 4.78 is 42.9. The Morgan fingerprint density at radius 3 is 2.61 bits per heavy atom. The first kappa shape index (κ1) is 23.5. The zero-order valence-electron chi connectivity index (χ0n) is 19.2. The van der Waals surface area contributed by atoms with Crippen LogP contribution in [0.4, 0.5) is 19.0 Å². The van der Waals surface area contributed by atoms with E-state index in [0.29, 0.717) is 29.2 Å². The van der Waals surface area contributed by atoms with Crippen LogP contribution >= 0.6 is 0 Å². The summed E-state index contributed by atoms with van der Waals surface area (Å²) in [4.78, 5) is 29.8. The second-order valence-corrected chi connectivity index (χ2v) is 8.55. The Hall–Kier alpha value is -4.22. The van der Waals surface area contributed by atoms with Crippen molar-refractivity contribution in [3.05, 3.63) is 72.1 Å². The molecule has 4 aromatic rings. The summed E-state index contributed by atoms with van der Waals surface area (Å²) in [5, 5.41) is 6.18. The van der Waals surface area contributed by atoms with E-state index in [1.165, 1.54) is 18.5 Å². The Balaban J connectivity index is 1.20. The predicted molar refractivity (Wildman–Crippen MR) is 124 cm³/mol. The molecule has 3 aromatic heterocycles. The number of alkyl halides is 3. The van der Waals surface area contributed by atoms with Crippen LogP contribution in [-0.4, -0.2) is 42.8 Å². The number of aromatic nitrogens is 5. The lowest BCUT2D eigenvalue weighted by atomic mass is 9.86. The Bertz CT molecular complexity index is 1380. The molecule has 1 amide bonds. The van der Waals surface area contributed by atoms with Gasteiger partial charge in [-0.1, -0.05) is 18.2 Å². The maximum atomic E-state index is 12.4. The van der Waals surface area contributed by atoms with Crippen LogP contribution in [0.2, 0.25) is 0 Å². The van der Waals surface area contributed by atoms with Gasteiger partial charge in [-0.25, -0.2) is 19.9 Å². The number of pyridine rings is 1. The SMILES string of the molecule is Cc1cccc(C(=O)NC2CC(n3cnc4c(NCc5ccc(OC(F)(F)F)cc5)ncnc43)C2)n1. The average Bonchev–Trinajstić information content (AvgIpc) is 3.24. The van der Waals surface area contributed by atoms with Crippen LogP contribution in [0.15, 0.2) is 55.1 Å². The van der Waals surface area contributed by atoms with E-state index in [4.69, 9.17) is 0 Å². The summed E-state index contributed by atoms with van der Waals surface area (Å²) in [6.45, 7) is 2.17. The number of hydrogen-bond acceptors (Lipinski definition) is 7. The number of hydrogen-bond donors (Lipinski definition) is 2. The number of nitrogens with one attached hydrogen (secondary N) is 2. The zero-order chi connectivity index (χ0) is 25.3. The number of ether oxygens (including phenoxy) is 1. The number of aryl methyl sites for hydroxylation is 1. The number of rotatable bonds is 7. The Morgan fingerprint density at radius 2 is 1.89 bits per heavy atom. The van der Waals surface area contributed by atoms with E-state index < -0.39 is 6.36 Å². The Kier molecular flexibility index (Phi) is 6.17. The van der Waals surface area contributed by atoms with Crippen LogP contribution in [0.25, 0.3) is 11.2 Å². The minimum Gasteiger partial charge on any atom is -0.406 e. The summed E-state index contributed by atoms with van der Waals surface area (Å²) in [6.07, 6.45) is -0.108. The van der Waals surface area contributed by atoms with E-state index in [-0.39, 0.29) is 23.7 Å². The third-order valence-electron chi connectivity index (χ3n) is 5.94. The molecule has 5 rings (SSSR count). The van der Waals surface area contributed by atoms with Gasteiger partial charge in [-0.3, -0.25) is 4.79 Å². The molecule has 3 heterocycles. The second kappa shape index (κ2) is 9.44. The highest BCUT2D eigenvalue weighted by Crippen LogP contribution is 2.35. The highest BCUT2D eigenvalue weighted by atomic mass is 19.4. The molecule has 1 fully saturated rings. The van der Waals surface area contributed by atoms with E-state index in [1.807, 2.05) is 17.6 Å². The van der Waals surface area contributed by atoms with Crippen LogP contribution in [0.1, 0.15) is 40.6 Å². The molecular weight excluding hydrogens is 475 g/mol. The molecule has 0 spiro atoms. The van der Waals surface area contributed by atoms with Gasteiger partial charge >= 0.3 is 6.36 Å². The molecule has 0 aliphatic heterocycles. The number of benzene rings is 1. The van der Waals surface area contributed by atoms with Crippen LogP contribution in [0.3, 0.4) is 0 Å². The molecule has 1 saturated carbocycles. The van der Waals surface area contributed by atoms with Crippen molar-refractivity contribution in [1.29, 1.82) is 0 Å². The lowest BCUT2D eigenvalue weighted by molar-refractivity contribution is -0.274. The minimum atomic E-state index is -4.73. The number of anilines is 1. The molecule has 1 aromatic carbocycles. The van der Waals surface area contributed by atoms with Gasteiger partial charge in [0.2, 0.25) is 0 Å². The van der Waals surface area contributed by atoms with Crippen molar-refractivity contribution in [1.82, 2.24) is 29.8 Å². The van der Waals surface area contributed by atoms with Gasteiger partial charge in [-0.05, 0) is 49.6 Å². The monoisotopic (exact) mass is 497 g/mol. The largest absolute Gasteiger partial charge is 0.573 e. The summed E-state index contributed by atoms with van der Waals surface area (Å²) in [7, 11) is 0. The fraction of sp³-hybridized carbons (Fsp3) is 0.292. The fourth-order valence-electron chi connectivity index (χ4n) is 4.10. The van der Waals surface area contributed by atoms with Crippen LogP contribution < -0.4 is 15.4 Å². The molecule has 12 heteroatoms. The first-order valence-corrected chi connectivity index (χ1v) is 11.3. The minimum absolute atomic E-state index is 0.0333. The van der Waals surface area contributed by atoms with Crippen molar-refractivity contribution < 1.29 is 22.7 Å². The van der Waals surface area contributed by atoms with Gasteiger partial charge in [0.1, 0.15) is 23.3 Å². The highest BCUT2D eigenvalue weighted by molar-refractivity contribution is 5.92. The van der Waals surface area contributed by atoms with Crippen molar-refractivity contribution in [3.63, 3.8) is 0 Å². The molecular formula is C24H22F3N7O2. The first-order chi connectivity index (χ1) is 17.2. The lowest BCUT2D eigenvalue weighted by Gasteiger charge is -2.36. The summed E-state index contributed by atoms with van der Waals surface area (Å²) in [6, 6.07) is 11.1. The van der Waals surface area contributed by atoms with E-state index in [9.17, 15) is 18.0 Å². The van der Waals surface area contributed by atoms with Crippen LogP contribution in [0, 0.1) is 6.92 Å². The van der Waals surface area contributed by atoms with E-state index in [2.05, 4.69) is 35.3 Å². The van der Waals surface area contributed by atoms with Gasteiger partial charge in [0, 0.05) is 24.3 Å². The smallest absolute Gasteiger partial charge is 0.406 e. The number of halogens is 3. The second-order valence-electron chi connectivity index (χ2n) is 8.55. The first-order valence-electron chi connectivity index (χ1n) is 11.3. The van der Waals surface area contributed by atoms with E-state index >= 15 is 0 Å². The molecule has 2 N–H and O–H groups in total. The molecule has 0 atom stereocenters. The number of nitrogens with zero attached hydrogens (tertiary/aromatic N) is 5. The average molecular weight is 497 g/mol. The van der Waals surface area contributed by atoms with Crippen LogP contribution in [0.5, 0.6) is 5.75 Å². The topological polar surface area (TPSA) is 107 Å². The number of fused-ring (bicyclic) bond motifs is 1. The molecule has 0 saturated heterocycles. The Morgan fingerprint density at radius 1 is 1.11 bits per heavy atom. The number of imidazole rings is 1. The maximum Gasteiger partial charge on any atom is 0.573 e. The van der Waals surface area contributed by atoms with Crippen molar-refractivity contribution in [3.8, 4) is 5.75 Å². The van der Waals surface area contributed by atoms with E-state index in [0.717, 1.165) is 24.1 Å². The molecule has 0 unspecified atom stereocenters. The standard InChI is InChI=1S/C24H22F3N7O2/c1-14-3-2-4-19(32-14)23(35)33-16-9-17(10-16)34-13-31-20-21(29-12-30-22(20)34)28-11-15-5-7-18(8-6-15)36-24(25,26)27/h2-8,12-13,16-17H,9-11H2,1H3,(H,33,35)(H,28,29,30). The van der Waals surface area contributed by atoms with Gasteiger partial charge in [0.05, 0.1) is 6.33 Å². The van der Waals surface area contributed by atoms with Gasteiger partial charge < -0.3 is 19.9 Å². The van der Waals surface area contributed by atoms with E-state index in [1.54, 1.807) is 30.6 Å². The molecule has 36 heavy (non-hydrogen) atoms. The van der Waals surface area contributed by atoms with Crippen molar-refractivity contribution in [2.45, 2.75) is 44.8 Å². The molecule has 1 aliphatic rings. The quantitative estimate of drug-likeness (QED) is 0.395. The third-order valence-corrected chi connectivity index (χ3v) is 5.94. The van der Waals surface area contributed by atoms with Gasteiger partial charge in [-0.2, -0.15) is 0 Å². The fourth-order valence-corrected chi connectivity index (χ4v) is 4.10. The predicted octanol–water partition coefficient (Wildman–Crippen LogP) is 4.17. The summed E-state index contributed by atoms with van der Waals surface area (Å²) >= 11 is 0. The summed E-state index contributed by atoms with van der Waals surface area (Å²) in [5.41, 5.74) is 3.19. The van der Waals surface area contributed by atoms with Crippen molar-refractivity contribution in [2.75, 3.05) is 5.32 Å². The molecule has 0 bridgehead atoms. The summed E-state index contributed by atoms with van der Waals surface area (Å²) in [5.74, 6) is 0.0491. The molecule has 186 valence electrons.